The molecule has 0 saturated carbocycles. The number of nitrogens with zero attached hydrogens (tertiary/aromatic N) is 1. The van der Waals surface area contributed by atoms with Crippen LogP contribution in [0.15, 0.2) is 18.2 Å². The van der Waals surface area contributed by atoms with Crippen molar-refractivity contribution in [3.63, 3.8) is 0 Å². The molecule has 2 N–H and O–H groups in total. The first-order valence-corrected chi connectivity index (χ1v) is 5.72. The zero-order chi connectivity index (χ0) is 15.3. The number of hydrogen-bond donors (Lipinski definition) is 2. The van der Waals surface area contributed by atoms with Gasteiger partial charge in [0.2, 0.25) is 0 Å². The van der Waals surface area contributed by atoms with E-state index in [1.165, 1.54) is 13.2 Å². The minimum atomic E-state index is -1.21. The number of carbonyl (C=O) groups is 2. The minimum absolute atomic E-state index is 0.0841. The van der Waals surface area contributed by atoms with E-state index in [-0.39, 0.29) is 22.8 Å². The van der Waals surface area contributed by atoms with Gasteiger partial charge in [-0.15, -0.1) is 0 Å². The molecule has 0 aliphatic rings. The van der Waals surface area contributed by atoms with E-state index >= 15 is 0 Å². The number of halogens is 1. The summed E-state index contributed by atoms with van der Waals surface area (Å²) in [5.74, 6) is -1.82. The van der Waals surface area contributed by atoms with Gasteiger partial charge >= 0.3 is 5.97 Å². The fraction of sp³-hybridized carbons (Fsp3) is 0.273. The summed E-state index contributed by atoms with van der Waals surface area (Å²) in [6.45, 7) is -0.237. The highest BCUT2D eigenvalue weighted by Gasteiger charge is 2.19. The van der Waals surface area contributed by atoms with Crippen molar-refractivity contribution in [2.24, 2.45) is 0 Å². The maximum absolute atomic E-state index is 11.7. The highest BCUT2D eigenvalue weighted by Crippen LogP contribution is 2.24. The SMILES string of the molecule is COC(CNC(=O)c1ccc([N+](=O)[O-])c(Cl)c1)C(=O)O. The number of rotatable bonds is 6. The third kappa shape index (κ3) is 3.90. The summed E-state index contributed by atoms with van der Waals surface area (Å²) < 4.78 is 4.64. The van der Waals surface area contributed by atoms with Gasteiger partial charge in [-0.25, -0.2) is 4.79 Å². The summed E-state index contributed by atoms with van der Waals surface area (Å²) in [5.41, 5.74) is -0.232. The quantitative estimate of drug-likeness (QED) is 0.599. The van der Waals surface area contributed by atoms with Crippen molar-refractivity contribution in [1.82, 2.24) is 5.32 Å². The molecule has 1 aromatic rings. The third-order valence-electron chi connectivity index (χ3n) is 2.41. The molecule has 0 radical (unpaired) electrons. The van der Waals surface area contributed by atoms with Crippen LogP contribution in [0.3, 0.4) is 0 Å². The molecule has 0 heterocycles. The molecule has 1 atom stereocenters. The Balaban J connectivity index is 2.76. The van der Waals surface area contributed by atoms with Gasteiger partial charge in [0.05, 0.1) is 11.5 Å². The van der Waals surface area contributed by atoms with Gasteiger partial charge in [0.15, 0.2) is 6.10 Å². The van der Waals surface area contributed by atoms with Gasteiger partial charge in [-0.1, -0.05) is 11.6 Å². The Morgan fingerprint density at radius 3 is 2.65 bits per heavy atom. The second-order valence-electron chi connectivity index (χ2n) is 3.70. The van der Waals surface area contributed by atoms with E-state index in [9.17, 15) is 19.7 Å². The van der Waals surface area contributed by atoms with E-state index in [0.29, 0.717) is 0 Å². The van der Waals surface area contributed by atoms with E-state index in [0.717, 1.165) is 12.1 Å². The van der Waals surface area contributed by atoms with Crippen LogP contribution in [0.5, 0.6) is 0 Å². The van der Waals surface area contributed by atoms with Crippen molar-refractivity contribution in [2.45, 2.75) is 6.10 Å². The summed E-state index contributed by atoms with van der Waals surface area (Å²) >= 11 is 5.67. The number of benzene rings is 1. The first-order chi connectivity index (χ1) is 9.36. The van der Waals surface area contributed by atoms with Crippen LogP contribution in [0.2, 0.25) is 5.02 Å². The molecule has 1 amide bonds. The van der Waals surface area contributed by atoms with Crippen LogP contribution >= 0.6 is 11.6 Å². The standard InChI is InChI=1S/C11H11ClN2O6/c1-20-9(11(16)17)5-13-10(15)6-2-3-8(14(18)19)7(12)4-6/h2-4,9H,5H2,1H3,(H,13,15)(H,16,17). The van der Waals surface area contributed by atoms with Gasteiger partial charge in [0, 0.05) is 18.7 Å². The Kier molecular flexibility index (Phi) is 5.42. The molecule has 108 valence electrons. The maximum atomic E-state index is 11.7. The summed E-state index contributed by atoms with van der Waals surface area (Å²) in [6, 6.07) is 3.46. The Bertz CT molecular complexity index is 548. The number of hydrogen-bond acceptors (Lipinski definition) is 5. The molecule has 20 heavy (non-hydrogen) atoms. The molecule has 0 aliphatic heterocycles. The van der Waals surface area contributed by atoms with E-state index in [2.05, 4.69) is 10.1 Å². The summed E-state index contributed by atoms with van der Waals surface area (Å²) in [7, 11) is 1.20. The van der Waals surface area contributed by atoms with Crippen molar-refractivity contribution < 1.29 is 24.4 Å². The summed E-state index contributed by atoms with van der Waals surface area (Å²) in [4.78, 5) is 32.3. The molecule has 1 unspecified atom stereocenters. The summed E-state index contributed by atoms with van der Waals surface area (Å²) in [6.07, 6.45) is -1.17. The predicted molar refractivity (Wildman–Crippen MR) is 68.9 cm³/mol. The van der Waals surface area contributed by atoms with Gasteiger partial charge in [-0.2, -0.15) is 0 Å². The van der Waals surface area contributed by atoms with Crippen molar-refractivity contribution >= 4 is 29.2 Å². The summed E-state index contributed by atoms with van der Waals surface area (Å²) in [5, 5.41) is 21.5. The Labute approximate surface area is 118 Å². The second-order valence-corrected chi connectivity index (χ2v) is 4.10. The average Bonchev–Trinajstić information content (AvgIpc) is 2.38. The van der Waals surface area contributed by atoms with E-state index < -0.39 is 22.9 Å². The van der Waals surface area contributed by atoms with E-state index in [1.54, 1.807) is 0 Å². The number of nitrogens with one attached hydrogen (secondary N) is 1. The first kappa shape index (κ1) is 15.9. The number of amides is 1. The van der Waals surface area contributed by atoms with E-state index in [4.69, 9.17) is 16.7 Å². The van der Waals surface area contributed by atoms with Crippen LogP contribution in [-0.4, -0.2) is 41.7 Å². The topological polar surface area (TPSA) is 119 Å². The van der Waals surface area contributed by atoms with Crippen molar-refractivity contribution in [2.75, 3.05) is 13.7 Å². The molecule has 0 saturated heterocycles. The molecule has 0 fully saturated rings. The number of carboxylic acids is 1. The van der Waals surface area contributed by atoms with E-state index in [1.807, 2.05) is 0 Å². The number of aliphatic carboxylic acids is 1. The van der Waals surface area contributed by atoms with Crippen molar-refractivity contribution in [1.29, 1.82) is 0 Å². The van der Waals surface area contributed by atoms with Crippen LogP contribution in [0.4, 0.5) is 5.69 Å². The van der Waals surface area contributed by atoms with Crippen LogP contribution in [0.1, 0.15) is 10.4 Å². The molecule has 1 rings (SSSR count). The maximum Gasteiger partial charge on any atom is 0.334 e. The molecular formula is C11H11ClN2O6. The Morgan fingerprint density at radius 1 is 1.55 bits per heavy atom. The van der Waals surface area contributed by atoms with Crippen molar-refractivity contribution in [3.05, 3.63) is 38.9 Å². The Morgan fingerprint density at radius 2 is 2.20 bits per heavy atom. The zero-order valence-corrected chi connectivity index (χ0v) is 11.1. The minimum Gasteiger partial charge on any atom is -0.479 e. The number of carboxylic acid groups (broad SMARTS) is 1. The lowest BCUT2D eigenvalue weighted by Crippen LogP contribution is -2.37. The monoisotopic (exact) mass is 302 g/mol. The average molecular weight is 303 g/mol. The van der Waals surface area contributed by atoms with Gasteiger partial charge < -0.3 is 15.2 Å². The van der Waals surface area contributed by atoms with Crippen molar-refractivity contribution in [3.8, 4) is 0 Å². The molecule has 0 bridgehead atoms. The lowest BCUT2D eigenvalue weighted by Gasteiger charge is -2.11. The molecule has 8 nitrogen and oxygen atoms in total. The fourth-order valence-corrected chi connectivity index (χ4v) is 1.60. The normalized spacial score (nSPS) is 11.7. The number of methoxy groups -OCH3 is 1. The highest BCUT2D eigenvalue weighted by molar-refractivity contribution is 6.33. The van der Waals surface area contributed by atoms with Gasteiger partial charge in [-0.3, -0.25) is 14.9 Å². The smallest absolute Gasteiger partial charge is 0.334 e. The molecule has 0 spiro atoms. The third-order valence-corrected chi connectivity index (χ3v) is 2.72. The fourth-order valence-electron chi connectivity index (χ4n) is 1.36. The van der Waals surface area contributed by atoms with Gasteiger partial charge in [-0.05, 0) is 12.1 Å². The van der Waals surface area contributed by atoms with Gasteiger partial charge in [0.1, 0.15) is 5.02 Å². The number of ether oxygens (including phenoxy) is 1. The lowest BCUT2D eigenvalue weighted by molar-refractivity contribution is -0.384. The Hall–Kier alpha value is -2.19. The van der Waals surface area contributed by atoms with Gasteiger partial charge in [0.25, 0.3) is 11.6 Å². The first-order valence-electron chi connectivity index (χ1n) is 5.34. The van der Waals surface area contributed by atoms with Crippen LogP contribution in [0, 0.1) is 10.1 Å². The largest absolute Gasteiger partial charge is 0.479 e. The molecule has 1 aromatic carbocycles. The molecule has 9 heteroatoms. The van der Waals surface area contributed by atoms with Crippen LogP contribution in [0.25, 0.3) is 0 Å². The second kappa shape index (κ2) is 6.83. The van der Waals surface area contributed by atoms with Crippen LogP contribution < -0.4 is 5.32 Å². The number of carbonyl (C=O) groups excluding carboxylic acids is 1. The highest BCUT2D eigenvalue weighted by atomic mass is 35.5. The molecule has 0 aromatic heterocycles. The lowest BCUT2D eigenvalue weighted by atomic mass is 10.2. The predicted octanol–water partition coefficient (Wildman–Crippen LogP) is 1.08. The van der Waals surface area contributed by atoms with Crippen LogP contribution in [-0.2, 0) is 9.53 Å². The molecular weight excluding hydrogens is 292 g/mol. The zero-order valence-electron chi connectivity index (χ0n) is 10.3. The number of nitro benzene ring substituents is 1. The molecule has 0 aliphatic carbocycles. The number of nitro groups is 1.